The van der Waals surface area contributed by atoms with Crippen LogP contribution in [0.1, 0.15) is 32.5 Å². The fourth-order valence-corrected chi connectivity index (χ4v) is 5.87. The molecule has 146 valence electrons. The third-order valence-corrected chi connectivity index (χ3v) is 7.28. The lowest BCUT2D eigenvalue weighted by Gasteiger charge is -2.41. The molecule has 0 spiro atoms. The lowest BCUT2D eigenvalue weighted by atomic mass is 9.93. The van der Waals surface area contributed by atoms with Crippen LogP contribution in [-0.4, -0.2) is 78.4 Å². The van der Waals surface area contributed by atoms with Crippen LogP contribution in [-0.2, 0) is 16.0 Å². The first kappa shape index (κ1) is 18.3. The van der Waals surface area contributed by atoms with E-state index in [4.69, 9.17) is 0 Å². The summed E-state index contributed by atoms with van der Waals surface area (Å²) >= 11 is 1.54. The van der Waals surface area contributed by atoms with Crippen molar-refractivity contribution in [2.75, 3.05) is 13.1 Å². The van der Waals surface area contributed by atoms with Gasteiger partial charge >= 0.3 is 5.97 Å². The average molecular weight is 391 g/mol. The maximum atomic E-state index is 12.5. The van der Waals surface area contributed by atoms with E-state index < -0.39 is 22.8 Å². The lowest BCUT2D eigenvalue weighted by Crippen LogP contribution is -2.65. The molecule has 1 amide bonds. The van der Waals surface area contributed by atoms with Gasteiger partial charge in [-0.1, -0.05) is 0 Å². The van der Waals surface area contributed by atoms with Crippen LogP contribution >= 0.6 is 11.8 Å². The number of likely N-dealkylation sites (tertiary alicyclic amines) is 1. The number of thioether (sulfide) groups is 1. The number of aromatic amines is 1. The monoisotopic (exact) mass is 391 g/mol. The first-order valence-corrected chi connectivity index (χ1v) is 10.2. The zero-order valence-corrected chi connectivity index (χ0v) is 16.4. The van der Waals surface area contributed by atoms with Crippen LogP contribution < -0.4 is 0 Å². The SMILES string of the molecule is CC1(C)S[C@@H]2[C@H](N=CN3CCC(Cc4ncc[nH]4)CC3)C(=O)N2[C@H]1C(=O)O. The Kier molecular flexibility index (Phi) is 4.65. The zero-order valence-electron chi connectivity index (χ0n) is 15.5. The highest BCUT2D eigenvalue weighted by Gasteiger charge is 2.63. The van der Waals surface area contributed by atoms with Crippen LogP contribution in [0.2, 0.25) is 0 Å². The highest BCUT2D eigenvalue weighted by atomic mass is 32.2. The number of carboxylic acids is 1. The van der Waals surface area contributed by atoms with Gasteiger partial charge in [0, 0.05) is 36.7 Å². The second kappa shape index (κ2) is 6.85. The largest absolute Gasteiger partial charge is 0.480 e. The number of amides is 1. The van der Waals surface area contributed by atoms with E-state index in [0.29, 0.717) is 5.92 Å². The predicted molar refractivity (Wildman–Crippen MR) is 103 cm³/mol. The Labute approximate surface area is 162 Å². The highest BCUT2D eigenvalue weighted by molar-refractivity contribution is 8.01. The van der Waals surface area contributed by atoms with E-state index in [1.165, 1.54) is 16.7 Å². The van der Waals surface area contributed by atoms with Gasteiger partial charge in [-0.25, -0.2) is 9.78 Å². The number of nitrogens with zero attached hydrogens (tertiary/aromatic N) is 4. The number of nitrogens with one attached hydrogen (secondary N) is 1. The van der Waals surface area contributed by atoms with Gasteiger partial charge in [0.15, 0.2) is 6.04 Å². The predicted octanol–water partition coefficient (Wildman–Crippen LogP) is 1.21. The van der Waals surface area contributed by atoms with Crippen LogP contribution in [0.3, 0.4) is 0 Å². The van der Waals surface area contributed by atoms with E-state index in [9.17, 15) is 14.7 Å². The van der Waals surface area contributed by atoms with Gasteiger partial charge in [0.05, 0.1) is 6.34 Å². The number of hydrogen-bond acceptors (Lipinski definition) is 5. The molecule has 27 heavy (non-hydrogen) atoms. The quantitative estimate of drug-likeness (QED) is 0.444. The number of H-pyrrole nitrogens is 1. The Balaban J connectivity index is 1.31. The van der Waals surface area contributed by atoms with Crippen molar-refractivity contribution in [1.82, 2.24) is 19.8 Å². The molecule has 3 saturated heterocycles. The van der Waals surface area contributed by atoms with Gasteiger partial charge in [-0.05, 0) is 32.6 Å². The molecule has 1 aromatic heterocycles. The van der Waals surface area contributed by atoms with Crippen molar-refractivity contribution >= 4 is 30.0 Å². The van der Waals surface area contributed by atoms with E-state index >= 15 is 0 Å². The molecule has 3 fully saturated rings. The number of aliphatic carboxylic acids is 1. The third kappa shape index (κ3) is 3.33. The molecule has 4 rings (SSSR count). The van der Waals surface area contributed by atoms with E-state index in [2.05, 4.69) is 19.9 Å². The van der Waals surface area contributed by atoms with E-state index in [1.54, 1.807) is 12.5 Å². The molecule has 4 heterocycles. The number of carbonyl (C=O) groups excluding carboxylic acids is 1. The molecule has 0 aromatic carbocycles. The van der Waals surface area contributed by atoms with Gasteiger partial charge in [-0.3, -0.25) is 9.79 Å². The van der Waals surface area contributed by atoms with Crippen LogP contribution in [0.25, 0.3) is 0 Å². The summed E-state index contributed by atoms with van der Waals surface area (Å²) in [6, 6.07) is -1.23. The van der Waals surface area contributed by atoms with Crippen molar-refractivity contribution in [3.05, 3.63) is 18.2 Å². The van der Waals surface area contributed by atoms with Crippen molar-refractivity contribution in [2.24, 2.45) is 10.9 Å². The Bertz CT molecular complexity index is 742. The Morgan fingerprint density at radius 2 is 2.22 bits per heavy atom. The molecule has 0 aliphatic carbocycles. The second-order valence-electron chi connectivity index (χ2n) is 8.03. The molecule has 3 aliphatic rings. The standard InChI is InChI=1S/C18H25N5O3S/c1-18(2)14(17(25)26)23-15(24)13(16(23)27-18)21-10-22-7-3-11(4-8-22)9-12-19-5-6-20-12/h5-6,10-11,13-14,16H,3-4,7-9H2,1-2H3,(H,19,20)(H,25,26)/t13-,14+,16-/m1/s1. The fourth-order valence-electron chi connectivity index (χ4n) is 4.25. The van der Waals surface area contributed by atoms with E-state index in [0.717, 1.165) is 38.2 Å². The van der Waals surface area contributed by atoms with Gasteiger partial charge in [-0.15, -0.1) is 11.8 Å². The molecule has 2 N–H and O–H groups in total. The number of β-lactam (4-membered cyclic amide) rings is 1. The summed E-state index contributed by atoms with van der Waals surface area (Å²) in [5.74, 6) is 0.541. The van der Waals surface area contributed by atoms with Crippen molar-refractivity contribution in [3.8, 4) is 0 Å². The molecule has 3 atom stereocenters. The minimum atomic E-state index is -0.940. The number of imidazole rings is 1. The Morgan fingerprint density at radius 3 is 2.85 bits per heavy atom. The number of carboxylic acid groups (broad SMARTS) is 1. The number of rotatable bonds is 5. The molecular weight excluding hydrogens is 366 g/mol. The number of aliphatic imine (C=N–C) groups is 1. The smallest absolute Gasteiger partial charge is 0.327 e. The van der Waals surface area contributed by atoms with Crippen molar-refractivity contribution in [2.45, 2.75) is 55.3 Å². The summed E-state index contributed by atoms with van der Waals surface area (Å²) < 4.78 is -0.499. The minimum absolute atomic E-state index is 0.165. The van der Waals surface area contributed by atoms with Gasteiger partial charge < -0.3 is 19.9 Å². The van der Waals surface area contributed by atoms with Crippen LogP contribution in [0.15, 0.2) is 17.4 Å². The normalized spacial score (nSPS) is 30.6. The van der Waals surface area contributed by atoms with E-state index in [-0.39, 0.29) is 11.3 Å². The summed E-state index contributed by atoms with van der Waals surface area (Å²) in [4.78, 5) is 39.6. The van der Waals surface area contributed by atoms with Crippen LogP contribution in [0.5, 0.6) is 0 Å². The number of aromatic nitrogens is 2. The number of piperidine rings is 1. The van der Waals surface area contributed by atoms with Gasteiger partial charge in [-0.2, -0.15) is 0 Å². The fraction of sp³-hybridized carbons (Fsp3) is 0.667. The first-order chi connectivity index (χ1) is 12.9. The third-order valence-electron chi connectivity index (χ3n) is 5.72. The summed E-state index contributed by atoms with van der Waals surface area (Å²) in [5, 5.41) is 9.30. The summed E-state index contributed by atoms with van der Waals surface area (Å²) in [7, 11) is 0. The number of carbonyl (C=O) groups is 2. The van der Waals surface area contributed by atoms with Crippen molar-refractivity contribution in [1.29, 1.82) is 0 Å². The molecule has 0 radical (unpaired) electrons. The summed E-state index contributed by atoms with van der Waals surface area (Å²) in [5.41, 5.74) is 0. The minimum Gasteiger partial charge on any atom is -0.480 e. The van der Waals surface area contributed by atoms with E-state index in [1.807, 2.05) is 20.0 Å². The molecule has 0 bridgehead atoms. The molecule has 3 aliphatic heterocycles. The molecule has 1 aromatic rings. The summed E-state index contributed by atoms with van der Waals surface area (Å²) in [6.45, 7) is 5.60. The molecule has 0 unspecified atom stereocenters. The van der Waals surface area contributed by atoms with Gasteiger partial charge in [0.2, 0.25) is 0 Å². The van der Waals surface area contributed by atoms with Crippen LogP contribution in [0.4, 0.5) is 0 Å². The number of fused-ring (bicyclic) bond motifs is 1. The van der Waals surface area contributed by atoms with Gasteiger partial charge in [0.25, 0.3) is 5.91 Å². The van der Waals surface area contributed by atoms with Crippen molar-refractivity contribution < 1.29 is 14.7 Å². The second-order valence-corrected chi connectivity index (χ2v) is 9.80. The lowest BCUT2D eigenvalue weighted by molar-refractivity contribution is -0.158. The maximum Gasteiger partial charge on any atom is 0.327 e. The maximum absolute atomic E-state index is 12.5. The Hall–Kier alpha value is -2.03. The first-order valence-electron chi connectivity index (χ1n) is 9.35. The van der Waals surface area contributed by atoms with Crippen molar-refractivity contribution in [3.63, 3.8) is 0 Å². The summed E-state index contributed by atoms with van der Waals surface area (Å²) in [6.07, 6.45) is 8.55. The Morgan fingerprint density at radius 1 is 1.48 bits per heavy atom. The number of hydrogen-bond donors (Lipinski definition) is 2. The molecular formula is C18H25N5O3S. The zero-order chi connectivity index (χ0) is 19.2. The average Bonchev–Trinajstić information content (AvgIpc) is 3.20. The molecule has 9 heteroatoms. The topological polar surface area (TPSA) is 102 Å². The van der Waals surface area contributed by atoms with Gasteiger partial charge in [0.1, 0.15) is 17.2 Å². The van der Waals surface area contributed by atoms with Crippen LogP contribution in [0, 0.1) is 5.92 Å². The molecule has 8 nitrogen and oxygen atoms in total. The molecule has 0 saturated carbocycles. The highest BCUT2D eigenvalue weighted by Crippen LogP contribution is 2.51.